The Kier molecular flexibility index (Phi) is 4.27. The number of nitrogens with zero attached hydrogens (tertiary/aromatic N) is 1. The van der Waals surface area contributed by atoms with E-state index in [-0.39, 0.29) is 11.2 Å². The van der Waals surface area contributed by atoms with Crippen LogP contribution in [0.15, 0.2) is 23.1 Å². The molecule has 1 aliphatic rings. The second-order valence-corrected chi connectivity index (χ2v) is 5.75. The van der Waals surface area contributed by atoms with Crippen molar-refractivity contribution in [3.05, 3.63) is 23.8 Å². The van der Waals surface area contributed by atoms with Gasteiger partial charge in [-0.05, 0) is 31.7 Å². The number of carbonyl (C=O) groups excluding carboxylic acids is 1. The summed E-state index contributed by atoms with van der Waals surface area (Å²) in [5.74, 6) is 0.152. The van der Waals surface area contributed by atoms with E-state index in [4.69, 9.17) is 5.73 Å². The number of rotatable bonds is 4. The van der Waals surface area contributed by atoms with Crippen molar-refractivity contribution in [3.8, 4) is 0 Å². The average Bonchev–Trinajstić information content (AvgIpc) is 2.36. The first kappa shape index (κ1) is 13.4. The van der Waals surface area contributed by atoms with E-state index in [0.29, 0.717) is 13.1 Å². The molecule has 1 atom stereocenters. The van der Waals surface area contributed by atoms with Gasteiger partial charge in [-0.1, -0.05) is 6.07 Å². The van der Waals surface area contributed by atoms with Crippen molar-refractivity contribution >= 4 is 23.4 Å². The molecule has 4 nitrogen and oxygen atoms in total. The highest BCUT2D eigenvalue weighted by Gasteiger charge is 2.30. The van der Waals surface area contributed by atoms with Crippen molar-refractivity contribution in [1.29, 1.82) is 0 Å². The van der Waals surface area contributed by atoms with Gasteiger partial charge < -0.3 is 16.0 Å². The van der Waals surface area contributed by atoms with Crippen LogP contribution in [0.5, 0.6) is 0 Å². The van der Waals surface area contributed by atoms with Gasteiger partial charge in [0.15, 0.2) is 0 Å². The number of nitrogens with two attached hydrogens (primary N) is 1. The van der Waals surface area contributed by atoms with Crippen LogP contribution in [0.1, 0.15) is 12.5 Å². The molecular weight excluding hydrogens is 246 g/mol. The fraction of sp³-hybridized carbons (Fsp3) is 0.462. The van der Waals surface area contributed by atoms with Gasteiger partial charge >= 0.3 is 0 Å². The maximum absolute atomic E-state index is 12.2. The van der Waals surface area contributed by atoms with Gasteiger partial charge in [0.1, 0.15) is 0 Å². The lowest BCUT2D eigenvalue weighted by molar-refractivity contribution is -0.118. The molecule has 1 aromatic rings. The summed E-state index contributed by atoms with van der Waals surface area (Å²) in [7, 11) is 1.92. The lowest BCUT2D eigenvalue weighted by Crippen LogP contribution is -2.42. The van der Waals surface area contributed by atoms with E-state index in [2.05, 4.69) is 23.5 Å². The second-order valence-electron chi connectivity index (χ2n) is 4.37. The molecule has 0 aliphatic carbocycles. The highest BCUT2D eigenvalue weighted by Crippen LogP contribution is 2.39. The predicted octanol–water partition coefficient (Wildman–Crippen LogP) is 1.19. The summed E-state index contributed by atoms with van der Waals surface area (Å²) in [4.78, 5) is 15.2. The fourth-order valence-electron chi connectivity index (χ4n) is 2.13. The maximum Gasteiger partial charge on any atom is 0.240 e. The minimum absolute atomic E-state index is 0.0285. The SMILES string of the molecule is CNCc1ccc2c(c1)N(CCN)C(=O)C(C)S2. The summed E-state index contributed by atoms with van der Waals surface area (Å²) in [5.41, 5.74) is 7.79. The summed E-state index contributed by atoms with van der Waals surface area (Å²) < 4.78 is 0. The number of nitrogens with one attached hydrogen (secondary N) is 1. The third-order valence-electron chi connectivity index (χ3n) is 2.97. The minimum Gasteiger partial charge on any atom is -0.329 e. The van der Waals surface area contributed by atoms with E-state index in [1.165, 1.54) is 5.56 Å². The van der Waals surface area contributed by atoms with E-state index < -0.39 is 0 Å². The molecule has 0 spiro atoms. The molecule has 0 aromatic heterocycles. The van der Waals surface area contributed by atoms with Gasteiger partial charge in [0.2, 0.25) is 5.91 Å². The largest absolute Gasteiger partial charge is 0.329 e. The molecule has 1 unspecified atom stereocenters. The zero-order valence-corrected chi connectivity index (χ0v) is 11.6. The number of hydrogen-bond acceptors (Lipinski definition) is 4. The third kappa shape index (κ3) is 2.53. The number of carbonyl (C=O) groups is 1. The number of amides is 1. The highest BCUT2D eigenvalue weighted by atomic mass is 32.2. The molecule has 98 valence electrons. The van der Waals surface area contributed by atoms with Gasteiger partial charge in [-0.25, -0.2) is 0 Å². The van der Waals surface area contributed by atoms with Crippen LogP contribution in [0.2, 0.25) is 0 Å². The predicted molar refractivity (Wildman–Crippen MR) is 75.9 cm³/mol. The Morgan fingerprint density at radius 1 is 1.50 bits per heavy atom. The van der Waals surface area contributed by atoms with Gasteiger partial charge in [0, 0.05) is 24.5 Å². The van der Waals surface area contributed by atoms with Crippen molar-refractivity contribution in [1.82, 2.24) is 5.32 Å². The summed E-state index contributed by atoms with van der Waals surface area (Å²) >= 11 is 1.62. The van der Waals surface area contributed by atoms with Crippen LogP contribution >= 0.6 is 11.8 Å². The number of hydrogen-bond donors (Lipinski definition) is 2. The number of anilines is 1. The van der Waals surface area contributed by atoms with Crippen LogP contribution in [0, 0.1) is 0 Å². The average molecular weight is 265 g/mol. The first-order valence-electron chi connectivity index (χ1n) is 6.13. The molecule has 1 aromatic carbocycles. The first-order valence-corrected chi connectivity index (χ1v) is 7.01. The molecule has 1 heterocycles. The summed E-state index contributed by atoms with van der Waals surface area (Å²) in [6.07, 6.45) is 0. The van der Waals surface area contributed by atoms with Crippen molar-refractivity contribution in [3.63, 3.8) is 0 Å². The number of thioether (sulfide) groups is 1. The second kappa shape index (κ2) is 5.73. The van der Waals surface area contributed by atoms with Gasteiger partial charge in [0.05, 0.1) is 10.9 Å². The van der Waals surface area contributed by atoms with Gasteiger partial charge in [-0.15, -0.1) is 11.8 Å². The van der Waals surface area contributed by atoms with E-state index in [1.807, 2.05) is 18.9 Å². The smallest absolute Gasteiger partial charge is 0.240 e. The normalized spacial score (nSPS) is 18.9. The Morgan fingerprint density at radius 3 is 2.94 bits per heavy atom. The number of fused-ring (bicyclic) bond motifs is 1. The van der Waals surface area contributed by atoms with Crippen LogP contribution in [-0.4, -0.2) is 31.3 Å². The zero-order valence-electron chi connectivity index (χ0n) is 10.8. The van der Waals surface area contributed by atoms with Crippen molar-refractivity contribution in [2.24, 2.45) is 5.73 Å². The molecule has 0 radical (unpaired) electrons. The van der Waals surface area contributed by atoms with Crippen LogP contribution < -0.4 is 16.0 Å². The lowest BCUT2D eigenvalue weighted by atomic mass is 10.1. The van der Waals surface area contributed by atoms with Crippen LogP contribution in [0.4, 0.5) is 5.69 Å². The van der Waals surface area contributed by atoms with Crippen molar-refractivity contribution < 1.29 is 4.79 Å². The molecule has 0 bridgehead atoms. The quantitative estimate of drug-likeness (QED) is 0.858. The topological polar surface area (TPSA) is 58.4 Å². The van der Waals surface area contributed by atoms with Crippen molar-refractivity contribution in [2.75, 3.05) is 25.0 Å². The first-order chi connectivity index (χ1) is 8.67. The molecule has 1 aliphatic heterocycles. The van der Waals surface area contributed by atoms with Gasteiger partial charge in [0.25, 0.3) is 0 Å². The Labute approximate surface area is 112 Å². The standard InChI is InChI=1S/C13H19N3OS/c1-9-13(17)16(6-5-14)11-7-10(8-15-2)3-4-12(11)18-9/h3-4,7,9,15H,5-6,8,14H2,1-2H3. The van der Waals surface area contributed by atoms with Crippen LogP contribution in [0.25, 0.3) is 0 Å². The minimum atomic E-state index is -0.0285. The van der Waals surface area contributed by atoms with E-state index in [1.54, 1.807) is 11.8 Å². The maximum atomic E-state index is 12.2. The Morgan fingerprint density at radius 2 is 2.28 bits per heavy atom. The Balaban J connectivity index is 2.38. The molecule has 0 saturated carbocycles. The van der Waals surface area contributed by atoms with E-state index in [9.17, 15) is 4.79 Å². The zero-order chi connectivity index (χ0) is 13.1. The van der Waals surface area contributed by atoms with Gasteiger partial charge in [-0.2, -0.15) is 0 Å². The van der Waals surface area contributed by atoms with Crippen LogP contribution in [0.3, 0.4) is 0 Å². The summed E-state index contributed by atoms with van der Waals surface area (Å²) in [6.45, 7) is 3.82. The molecule has 3 N–H and O–H groups in total. The van der Waals surface area contributed by atoms with Crippen molar-refractivity contribution in [2.45, 2.75) is 23.6 Å². The Hall–Kier alpha value is -1.04. The number of benzene rings is 1. The molecule has 1 amide bonds. The molecule has 0 fully saturated rings. The van der Waals surface area contributed by atoms with Gasteiger partial charge in [-0.3, -0.25) is 4.79 Å². The third-order valence-corrected chi connectivity index (χ3v) is 4.12. The molecule has 2 rings (SSSR count). The fourth-order valence-corrected chi connectivity index (χ4v) is 3.17. The monoisotopic (exact) mass is 265 g/mol. The molecule has 0 saturated heterocycles. The van der Waals surface area contributed by atoms with Crippen LogP contribution in [-0.2, 0) is 11.3 Å². The van der Waals surface area contributed by atoms with E-state index >= 15 is 0 Å². The molecule has 18 heavy (non-hydrogen) atoms. The molecule has 5 heteroatoms. The Bertz CT molecular complexity index is 450. The molecular formula is C13H19N3OS. The summed E-state index contributed by atoms with van der Waals surface area (Å²) in [5, 5.41) is 3.09. The van der Waals surface area contributed by atoms with E-state index in [0.717, 1.165) is 17.1 Å². The highest BCUT2D eigenvalue weighted by molar-refractivity contribution is 8.00. The summed E-state index contributed by atoms with van der Waals surface area (Å²) in [6, 6.07) is 6.28. The lowest BCUT2D eigenvalue weighted by Gasteiger charge is -2.32.